The van der Waals surface area contributed by atoms with Gasteiger partial charge in [-0.1, -0.05) is 24.3 Å². The van der Waals surface area contributed by atoms with Gasteiger partial charge >= 0.3 is 0 Å². The Morgan fingerprint density at radius 2 is 1.64 bits per heavy atom. The van der Waals surface area contributed by atoms with Crippen molar-refractivity contribution >= 4 is 23.6 Å². The van der Waals surface area contributed by atoms with Crippen LogP contribution in [0.15, 0.2) is 48.5 Å². The quantitative estimate of drug-likeness (QED) is 0.560. The van der Waals surface area contributed by atoms with Gasteiger partial charge in [-0.05, 0) is 50.1 Å². The Labute approximate surface area is 193 Å². The van der Waals surface area contributed by atoms with E-state index < -0.39 is 6.04 Å². The van der Waals surface area contributed by atoms with Crippen molar-refractivity contribution in [2.45, 2.75) is 39.3 Å². The van der Waals surface area contributed by atoms with Gasteiger partial charge in [-0.15, -0.1) is 0 Å². The van der Waals surface area contributed by atoms with E-state index in [0.717, 1.165) is 5.56 Å². The molecule has 0 saturated carbocycles. The molecule has 0 fully saturated rings. The minimum absolute atomic E-state index is 0.104. The summed E-state index contributed by atoms with van der Waals surface area (Å²) in [6.07, 6.45) is 0.416. The highest BCUT2D eigenvalue weighted by atomic mass is 16.5. The Balaban J connectivity index is 1.66. The Bertz CT molecular complexity index is 1000. The second-order valence-corrected chi connectivity index (χ2v) is 7.85. The van der Waals surface area contributed by atoms with Gasteiger partial charge in [0.1, 0.15) is 11.8 Å². The highest BCUT2D eigenvalue weighted by molar-refractivity contribution is 6.21. The fourth-order valence-electron chi connectivity index (χ4n) is 3.81. The van der Waals surface area contributed by atoms with Crippen molar-refractivity contribution in [2.24, 2.45) is 0 Å². The molecule has 2 aromatic rings. The zero-order valence-electron chi connectivity index (χ0n) is 19.2. The fourth-order valence-corrected chi connectivity index (χ4v) is 3.81. The number of imide groups is 1. The zero-order chi connectivity index (χ0) is 24.0. The predicted molar refractivity (Wildman–Crippen MR) is 123 cm³/mol. The minimum Gasteiger partial charge on any atom is -0.497 e. The van der Waals surface area contributed by atoms with Crippen LogP contribution in [-0.4, -0.2) is 59.7 Å². The van der Waals surface area contributed by atoms with Gasteiger partial charge in [0, 0.05) is 26.1 Å². The summed E-state index contributed by atoms with van der Waals surface area (Å²) in [6, 6.07) is 13.3. The molecule has 1 atom stereocenters. The maximum Gasteiger partial charge on any atom is 0.261 e. The number of amides is 4. The second kappa shape index (κ2) is 10.8. The summed E-state index contributed by atoms with van der Waals surface area (Å²) in [6.45, 7) is 4.38. The summed E-state index contributed by atoms with van der Waals surface area (Å²) >= 11 is 0. The first-order valence-corrected chi connectivity index (χ1v) is 11.0. The smallest absolute Gasteiger partial charge is 0.261 e. The van der Waals surface area contributed by atoms with Crippen molar-refractivity contribution in [3.05, 3.63) is 65.2 Å². The molecule has 0 saturated heterocycles. The molecule has 4 amide bonds. The lowest BCUT2D eigenvalue weighted by Crippen LogP contribution is -2.47. The summed E-state index contributed by atoms with van der Waals surface area (Å²) in [5.74, 6) is -0.433. The van der Waals surface area contributed by atoms with Crippen molar-refractivity contribution in [3.8, 4) is 5.75 Å². The molecule has 1 heterocycles. The van der Waals surface area contributed by atoms with Crippen LogP contribution in [0.3, 0.4) is 0 Å². The number of benzene rings is 2. The Kier molecular flexibility index (Phi) is 7.82. The van der Waals surface area contributed by atoms with E-state index in [1.54, 1.807) is 50.4 Å². The van der Waals surface area contributed by atoms with Gasteiger partial charge in [0.15, 0.2) is 0 Å². The lowest BCUT2D eigenvalue weighted by atomic mass is 10.1. The zero-order valence-corrected chi connectivity index (χ0v) is 19.2. The van der Waals surface area contributed by atoms with E-state index in [-0.39, 0.29) is 43.1 Å². The number of hydrogen-bond donors (Lipinski definition) is 1. The van der Waals surface area contributed by atoms with Gasteiger partial charge in [-0.25, -0.2) is 0 Å². The van der Waals surface area contributed by atoms with Crippen LogP contribution < -0.4 is 10.1 Å². The molecule has 0 radical (unpaired) electrons. The van der Waals surface area contributed by atoms with Crippen LogP contribution in [0, 0.1) is 0 Å². The molecular formula is C25H29N3O5. The molecule has 2 aromatic carbocycles. The maximum absolute atomic E-state index is 13.1. The van der Waals surface area contributed by atoms with Gasteiger partial charge < -0.3 is 15.0 Å². The van der Waals surface area contributed by atoms with Gasteiger partial charge in [-0.2, -0.15) is 0 Å². The molecule has 8 heteroatoms. The first-order valence-electron chi connectivity index (χ1n) is 11.0. The number of nitrogens with zero attached hydrogens (tertiary/aromatic N) is 2. The standard InChI is InChI=1S/C25H29N3O5/c1-4-26-23(30)17(2)28(16-18-11-13-19(33-3)14-12-18)22(29)10-7-15-27-24(31)20-8-5-6-9-21(20)25(27)32/h5-6,8-9,11-14,17H,4,7,10,15-16H2,1-3H3,(H,26,30)/t17-/m1/s1. The summed E-state index contributed by atoms with van der Waals surface area (Å²) in [5.41, 5.74) is 1.64. The Morgan fingerprint density at radius 3 is 2.18 bits per heavy atom. The van der Waals surface area contributed by atoms with Crippen LogP contribution in [0.25, 0.3) is 0 Å². The molecule has 3 rings (SSSR count). The van der Waals surface area contributed by atoms with Crippen molar-refractivity contribution in [2.75, 3.05) is 20.2 Å². The van der Waals surface area contributed by atoms with E-state index in [4.69, 9.17) is 4.74 Å². The molecule has 1 aliphatic heterocycles. The summed E-state index contributed by atoms with van der Waals surface area (Å²) in [4.78, 5) is 53.3. The van der Waals surface area contributed by atoms with Crippen molar-refractivity contribution in [1.82, 2.24) is 15.1 Å². The number of carbonyl (C=O) groups excluding carboxylic acids is 4. The highest BCUT2D eigenvalue weighted by Gasteiger charge is 2.35. The lowest BCUT2D eigenvalue weighted by Gasteiger charge is -2.29. The predicted octanol–water partition coefficient (Wildman–Crippen LogP) is 2.62. The van der Waals surface area contributed by atoms with E-state index in [1.807, 2.05) is 19.1 Å². The number of nitrogens with one attached hydrogen (secondary N) is 1. The number of carbonyl (C=O) groups is 4. The summed E-state index contributed by atoms with van der Waals surface area (Å²) < 4.78 is 5.18. The van der Waals surface area contributed by atoms with E-state index in [9.17, 15) is 19.2 Å². The third kappa shape index (κ3) is 5.39. The fraction of sp³-hybridized carbons (Fsp3) is 0.360. The molecule has 0 aliphatic carbocycles. The number of rotatable bonds is 10. The van der Waals surface area contributed by atoms with Gasteiger partial charge in [0.2, 0.25) is 11.8 Å². The number of ether oxygens (including phenoxy) is 1. The second-order valence-electron chi connectivity index (χ2n) is 7.85. The van der Waals surface area contributed by atoms with Crippen LogP contribution in [0.1, 0.15) is 53.0 Å². The minimum atomic E-state index is -0.668. The van der Waals surface area contributed by atoms with Crippen LogP contribution in [0.4, 0.5) is 0 Å². The highest BCUT2D eigenvalue weighted by Crippen LogP contribution is 2.23. The third-order valence-corrected chi connectivity index (χ3v) is 5.68. The van der Waals surface area contributed by atoms with Crippen LogP contribution in [0.2, 0.25) is 0 Å². The molecule has 1 aliphatic rings. The van der Waals surface area contributed by atoms with Crippen LogP contribution in [-0.2, 0) is 16.1 Å². The summed E-state index contributed by atoms with van der Waals surface area (Å²) in [7, 11) is 1.58. The van der Waals surface area contributed by atoms with Crippen molar-refractivity contribution in [1.29, 1.82) is 0 Å². The SMILES string of the molecule is CCNC(=O)[C@@H](C)N(Cc1ccc(OC)cc1)C(=O)CCCN1C(=O)c2ccccc2C1=O. The lowest BCUT2D eigenvalue weighted by molar-refractivity contribution is -0.140. The van der Waals surface area contributed by atoms with Crippen LogP contribution in [0.5, 0.6) is 5.75 Å². The number of fused-ring (bicyclic) bond motifs is 1. The van der Waals surface area contributed by atoms with Crippen molar-refractivity contribution in [3.63, 3.8) is 0 Å². The first-order chi connectivity index (χ1) is 15.9. The molecule has 0 bridgehead atoms. The molecule has 174 valence electrons. The van der Waals surface area contributed by atoms with Gasteiger partial charge in [0.05, 0.1) is 18.2 Å². The third-order valence-electron chi connectivity index (χ3n) is 5.68. The normalized spacial score (nSPS) is 13.5. The van der Waals surface area contributed by atoms with E-state index >= 15 is 0 Å². The molecule has 0 spiro atoms. The summed E-state index contributed by atoms with van der Waals surface area (Å²) in [5, 5.41) is 2.76. The number of likely N-dealkylation sites (N-methyl/N-ethyl adjacent to an activating group) is 1. The maximum atomic E-state index is 13.1. The van der Waals surface area contributed by atoms with E-state index in [2.05, 4.69) is 5.32 Å². The number of hydrogen-bond acceptors (Lipinski definition) is 5. The molecule has 0 unspecified atom stereocenters. The molecular weight excluding hydrogens is 422 g/mol. The molecule has 0 aromatic heterocycles. The van der Waals surface area contributed by atoms with Gasteiger partial charge in [0.25, 0.3) is 11.8 Å². The number of methoxy groups -OCH3 is 1. The van der Waals surface area contributed by atoms with Gasteiger partial charge in [-0.3, -0.25) is 24.1 Å². The van der Waals surface area contributed by atoms with E-state index in [1.165, 1.54) is 9.80 Å². The topological polar surface area (TPSA) is 96.0 Å². The first kappa shape index (κ1) is 24.0. The van der Waals surface area contributed by atoms with Crippen molar-refractivity contribution < 1.29 is 23.9 Å². The average Bonchev–Trinajstić information content (AvgIpc) is 3.07. The van der Waals surface area contributed by atoms with Crippen LogP contribution >= 0.6 is 0 Å². The Hall–Kier alpha value is -3.68. The Morgan fingerprint density at radius 1 is 1.03 bits per heavy atom. The van der Waals surface area contributed by atoms with E-state index in [0.29, 0.717) is 29.8 Å². The average molecular weight is 452 g/mol. The monoisotopic (exact) mass is 451 g/mol. The molecule has 33 heavy (non-hydrogen) atoms. The molecule has 8 nitrogen and oxygen atoms in total. The molecule has 1 N–H and O–H groups in total. The largest absolute Gasteiger partial charge is 0.497 e.